The molecular formula is C17H19N5O3. The molecule has 0 aliphatic heterocycles. The smallest absolute Gasteiger partial charge is 0.300 e. The fourth-order valence-corrected chi connectivity index (χ4v) is 2.54. The number of aliphatic hydroxyl groups is 1. The van der Waals surface area contributed by atoms with Crippen molar-refractivity contribution in [1.82, 2.24) is 24.8 Å². The number of methoxy groups -OCH3 is 1. The molecule has 0 fully saturated rings. The van der Waals surface area contributed by atoms with E-state index in [1.165, 1.54) is 15.6 Å². The van der Waals surface area contributed by atoms with Gasteiger partial charge in [0.2, 0.25) is 0 Å². The van der Waals surface area contributed by atoms with Gasteiger partial charge in [0.1, 0.15) is 5.75 Å². The summed E-state index contributed by atoms with van der Waals surface area (Å²) >= 11 is 0. The Kier molecular flexibility index (Phi) is 4.62. The number of hydrogen-bond acceptors (Lipinski definition) is 6. The number of carbonyl (C=O) groups is 1. The van der Waals surface area contributed by atoms with E-state index in [1.54, 1.807) is 38.3 Å². The molecule has 0 amide bonds. The fraction of sp³-hybridized carbons (Fsp3) is 0.294. The first-order valence-corrected chi connectivity index (χ1v) is 7.78. The molecule has 3 rings (SSSR count). The maximum Gasteiger partial charge on any atom is 0.300 e. The zero-order valence-corrected chi connectivity index (χ0v) is 14.2. The number of benzene rings is 1. The second-order valence-corrected chi connectivity index (χ2v) is 5.76. The van der Waals surface area contributed by atoms with Crippen LogP contribution >= 0.6 is 0 Å². The molecule has 0 saturated carbocycles. The van der Waals surface area contributed by atoms with Crippen LogP contribution in [-0.4, -0.2) is 42.9 Å². The van der Waals surface area contributed by atoms with E-state index in [-0.39, 0.29) is 18.1 Å². The first kappa shape index (κ1) is 16.8. The third kappa shape index (κ3) is 3.58. The van der Waals surface area contributed by atoms with Crippen LogP contribution in [0.15, 0.2) is 36.5 Å². The Morgan fingerprint density at radius 2 is 2.00 bits per heavy atom. The van der Waals surface area contributed by atoms with E-state index in [1.807, 2.05) is 13.0 Å². The van der Waals surface area contributed by atoms with Crippen molar-refractivity contribution in [2.75, 3.05) is 7.11 Å². The van der Waals surface area contributed by atoms with Gasteiger partial charge in [-0.3, -0.25) is 4.79 Å². The predicted molar refractivity (Wildman–Crippen MR) is 89.4 cm³/mol. The Bertz CT molecular complexity index is 882. The molecule has 0 bridgehead atoms. The zero-order chi connectivity index (χ0) is 18.0. The number of nitrogens with zero attached hydrogens (tertiary/aromatic N) is 5. The quantitative estimate of drug-likeness (QED) is 0.756. The van der Waals surface area contributed by atoms with Crippen LogP contribution in [0.3, 0.4) is 0 Å². The molecule has 1 N–H and O–H groups in total. The molecule has 0 spiro atoms. The van der Waals surface area contributed by atoms with Gasteiger partial charge in [0.05, 0.1) is 31.6 Å². The minimum atomic E-state index is -0.774. The average molecular weight is 341 g/mol. The van der Waals surface area contributed by atoms with Crippen molar-refractivity contribution in [3.63, 3.8) is 0 Å². The topological polar surface area (TPSA) is 95.1 Å². The first-order valence-electron chi connectivity index (χ1n) is 7.78. The molecule has 2 heterocycles. The van der Waals surface area contributed by atoms with Crippen LogP contribution in [0.1, 0.15) is 33.5 Å². The van der Waals surface area contributed by atoms with Crippen molar-refractivity contribution < 1.29 is 14.6 Å². The molecule has 130 valence electrons. The summed E-state index contributed by atoms with van der Waals surface area (Å²) in [6.45, 7) is 3.80. The highest BCUT2D eigenvalue weighted by Crippen LogP contribution is 2.19. The average Bonchev–Trinajstić information content (AvgIpc) is 3.20. The van der Waals surface area contributed by atoms with Gasteiger partial charge in [-0.05, 0) is 37.6 Å². The number of aryl methyl sites for hydroxylation is 2. The summed E-state index contributed by atoms with van der Waals surface area (Å²) in [5, 5.41) is 22.3. The van der Waals surface area contributed by atoms with Crippen molar-refractivity contribution in [2.24, 2.45) is 0 Å². The molecule has 0 saturated heterocycles. The van der Waals surface area contributed by atoms with Crippen LogP contribution < -0.4 is 4.74 Å². The lowest BCUT2D eigenvalue weighted by atomic mass is 10.1. The molecule has 2 aromatic heterocycles. The van der Waals surface area contributed by atoms with Crippen molar-refractivity contribution in [1.29, 1.82) is 0 Å². The summed E-state index contributed by atoms with van der Waals surface area (Å²) in [5.74, 6) is 0.366. The first-order chi connectivity index (χ1) is 12.0. The van der Waals surface area contributed by atoms with Gasteiger partial charge in [-0.15, -0.1) is 5.10 Å². The summed E-state index contributed by atoms with van der Waals surface area (Å²) in [6, 6.07) is 8.93. The normalized spacial score (nSPS) is 12.2. The molecule has 0 unspecified atom stereocenters. The second kappa shape index (κ2) is 6.86. The van der Waals surface area contributed by atoms with Gasteiger partial charge in [0.15, 0.2) is 5.69 Å². The Hall–Kier alpha value is -3.00. The standard InChI is InChI=1S/C17H19N5O3/c1-11-8-12(2)22(19-11)17(24)15-9-21(20-18-15)10-16(23)13-4-6-14(25-3)7-5-13/h4-9,16,23H,10H2,1-3H3/t16-/m1/s1. The van der Waals surface area contributed by atoms with Gasteiger partial charge in [-0.2, -0.15) is 9.78 Å². The van der Waals surface area contributed by atoms with Crippen molar-refractivity contribution in [3.05, 3.63) is 59.2 Å². The summed E-state index contributed by atoms with van der Waals surface area (Å²) < 4.78 is 7.83. The van der Waals surface area contributed by atoms with Gasteiger partial charge in [-0.1, -0.05) is 17.3 Å². The lowest BCUT2D eigenvalue weighted by Crippen LogP contribution is -2.15. The third-order valence-electron chi connectivity index (χ3n) is 3.82. The molecule has 0 radical (unpaired) electrons. The Labute approximate surface area is 144 Å². The Morgan fingerprint density at radius 3 is 2.60 bits per heavy atom. The second-order valence-electron chi connectivity index (χ2n) is 5.76. The molecule has 0 aliphatic rings. The molecule has 8 heteroatoms. The predicted octanol–water partition coefficient (Wildman–Crippen LogP) is 1.52. The lowest BCUT2D eigenvalue weighted by Gasteiger charge is -2.11. The zero-order valence-electron chi connectivity index (χ0n) is 14.2. The molecule has 8 nitrogen and oxygen atoms in total. The minimum Gasteiger partial charge on any atom is -0.497 e. The van der Waals surface area contributed by atoms with Crippen molar-refractivity contribution >= 4 is 5.91 Å². The molecule has 1 atom stereocenters. The number of aromatic nitrogens is 5. The van der Waals surface area contributed by atoms with Crippen LogP contribution in [0.2, 0.25) is 0 Å². The van der Waals surface area contributed by atoms with E-state index < -0.39 is 6.10 Å². The van der Waals surface area contributed by atoms with E-state index in [0.29, 0.717) is 0 Å². The van der Waals surface area contributed by atoms with Gasteiger partial charge >= 0.3 is 5.91 Å². The van der Waals surface area contributed by atoms with Crippen LogP contribution in [0, 0.1) is 13.8 Å². The highest BCUT2D eigenvalue weighted by molar-refractivity contribution is 5.93. The number of carbonyl (C=O) groups excluding carboxylic acids is 1. The van der Waals surface area contributed by atoms with Gasteiger partial charge in [0, 0.05) is 5.69 Å². The van der Waals surface area contributed by atoms with E-state index in [4.69, 9.17) is 4.74 Å². The molecule has 0 aliphatic carbocycles. The van der Waals surface area contributed by atoms with Gasteiger partial charge in [0.25, 0.3) is 0 Å². The summed E-state index contributed by atoms with van der Waals surface area (Å²) in [5.41, 5.74) is 2.39. The summed E-state index contributed by atoms with van der Waals surface area (Å²) in [7, 11) is 1.59. The Balaban J connectivity index is 1.72. The van der Waals surface area contributed by atoms with Crippen molar-refractivity contribution in [2.45, 2.75) is 26.5 Å². The minimum absolute atomic E-state index is 0.174. The molecule has 3 aromatic rings. The number of aliphatic hydroxyl groups excluding tert-OH is 1. The van der Waals surface area contributed by atoms with E-state index in [2.05, 4.69) is 15.4 Å². The Morgan fingerprint density at radius 1 is 1.28 bits per heavy atom. The van der Waals surface area contributed by atoms with Gasteiger partial charge < -0.3 is 9.84 Å². The third-order valence-corrected chi connectivity index (χ3v) is 3.82. The monoisotopic (exact) mass is 341 g/mol. The maximum absolute atomic E-state index is 12.4. The van der Waals surface area contributed by atoms with Crippen LogP contribution in [0.4, 0.5) is 0 Å². The largest absolute Gasteiger partial charge is 0.497 e. The number of hydrogen-bond donors (Lipinski definition) is 1. The highest BCUT2D eigenvalue weighted by atomic mass is 16.5. The fourth-order valence-electron chi connectivity index (χ4n) is 2.54. The molecular weight excluding hydrogens is 322 g/mol. The molecule has 1 aromatic carbocycles. The highest BCUT2D eigenvalue weighted by Gasteiger charge is 2.18. The lowest BCUT2D eigenvalue weighted by molar-refractivity contribution is 0.0937. The van der Waals surface area contributed by atoms with Crippen LogP contribution in [0.5, 0.6) is 5.75 Å². The number of rotatable bonds is 5. The SMILES string of the molecule is COc1ccc([C@H](O)Cn2cc(C(=O)n3nc(C)cc3C)nn2)cc1. The molecule has 25 heavy (non-hydrogen) atoms. The number of ether oxygens (including phenoxy) is 1. The van der Waals surface area contributed by atoms with Crippen molar-refractivity contribution in [3.8, 4) is 5.75 Å². The van der Waals surface area contributed by atoms with Crippen LogP contribution in [-0.2, 0) is 6.54 Å². The van der Waals surface area contributed by atoms with Gasteiger partial charge in [-0.25, -0.2) is 4.68 Å². The van der Waals surface area contributed by atoms with E-state index in [9.17, 15) is 9.90 Å². The summed E-state index contributed by atoms with van der Waals surface area (Å²) in [6.07, 6.45) is 0.732. The maximum atomic E-state index is 12.4. The summed E-state index contributed by atoms with van der Waals surface area (Å²) in [4.78, 5) is 12.4. The van der Waals surface area contributed by atoms with Crippen LogP contribution in [0.25, 0.3) is 0 Å². The van der Waals surface area contributed by atoms with E-state index in [0.717, 1.165) is 22.7 Å². The van der Waals surface area contributed by atoms with E-state index >= 15 is 0 Å².